The van der Waals surface area contributed by atoms with E-state index in [9.17, 15) is 15.4 Å². The van der Waals surface area contributed by atoms with E-state index in [0.717, 1.165) is 0 Å². The molecule has 0 unspecified atom stereocenters. The van der Waals surface area contributed by atoms with Crippen molar-refractivity contribution in [2.45, 2.75) is 12.5 Å². The Labute approximate surface area is 128 Å². The monoisotopic (exact) mass is 296 g/mol. The first-order valence-electron chi connectivity index (χ1n) is 6.87. The van der Waals surface area contributed by atoms with Gasteiger partial charge in [0, 0.05) is 11.1 Å². The number of hydrogen-bond acceptors (Lipinski definition) is 3. The molecule has 0 aliphatic rings. The summed E-state index contributed by atoms with van der Waals surface area (Å²) in [5, 5.41) is 11.2. The van der Waals surface area contributed by atoms with Gasteiger partial charge < -0.3 is 15.4 Å². The molecule has 0 aromatic heterocycles. The van der Waals surface area contributed by atoms with Crippen molar-refractivity contribution in [1.82, 2.24) is 0 Å². The van der Waals surface area contributed by atoms with Gasteiger partial charge in [-0.05, 0) is 6.92 Å². The zero-order chi connectivity index (χ0) is 16.0. The van der Waals surface area contributed by atoms with Gasteiger partial charge in [-0.25, -0.2) is 4.79 Å². The molecule has 0 bridgehead atoms. The summed E-state index contributed by atoms with van der Waals surface area (Å²) >= 11 is 0. The van der Waals surface area contributed by atoms with Crippen LogP contribution in [0.1, 0.15) is 18.1 Å². The first-order chi connectivity index (χ1) is 10.6. The maximum Gasteiger partial charge on any atom is 0.421 e. The van der Waals surface area contributed by atoms with E-state index >= 15 is 0 Å². The Hall–Kier alpha value is -2.75. The highest BCUT2D eigenvalue weighted by molar-refractivity contribution is 6.37. The molecule has 2 aromatic rings. The molecule has 0 aliphatic heterocycles. The summed E-state index contributed by atoms with van der Waals surface area (Å²) in [5.41, 5.74) is 7.74. The zero-order valence-electron chi connectivity index (χ0n) is 12.1. The Balaban J connectivity index is 2.66. The molecular formula is C17H16N2O3. The highest BCUT2D eigenvalue weighted by atomic mass is 16.5. The van der Waals surface area contributed by atoms with Gasteiger partial charge in [0.25, 0.3) is 0 Å². The van der Waals surface area contributed by atoms with Crippen molar-refractivity contribution in [3.63, 3.8) is 0 Å². The van der Waals surface area contributed by atoms with Crippen molar-refractivity contribution < 1.29 is 19.4 Å². The summed E-state index contributed by atoms with van der Waals surface area (Å²) < 4.78 is 4.89. The lowest BCUT2D eigenvalue weighted by Gasteiger charge is -2.23. The van der Waals surface area contributed by atoms with Crippen molar-refractivity contribution in [1.29, 1.82) is 0 Å². The van der Waals surface area contributed by atoms with Crippen LogP contribution in [0.3, 0.4) is 0 Å². The number of hydrogen-bond donors (Lipinski definition) is 1. The van der Waals surface area contributed by atoms with E-state index < -0.39 is 17.3 Å². The standard InChI is InChI=1S/C17H16N2O3/c1-2-22-16(20)15(19-18)17(21,13-9-5-3-6-10-13)14-11-7-4-8-12-14/h3-12,21H,2H2,1H3. The summed E-state index contributed by atoms with van der Waals surface area (Å²) in [5.74, 6) is -0.875. The average Bonchev–Trinajstić information content (AvgIpc) is 2.57. The quantitative estimate of drug-likeness (QED) is 0.397. The van der Waals surface area contributed by atoms with E-state index in [-0.39, 0.29) is 6.61 Å². The number of rotatable bonds is 5. The molecule has 22 heavy (non-hydrogen) atoms. The molecule has 0 heterocycles. The lowest BCUT2D eigenvalue weighted by molar-refractivity contribution is -0.142. The number of ether oxygens (including phenoxy) is 1. The number of carbonyl (C=O) groups excluding carboxylic acids is 1. The summed E-state index contributed by atoms with van der Waals surface area (Å²) in [6.45, 7) is 1.74. The normalized spacial score (nSPS) is 10.6. The third kappa shape index (κ3) is 2.81. The number of nitrogens with zero attached hydrogens (tertiary/aromatic N) is 2. The van der Waals surface area contributed by atoms with Gasteiger partial charge in [-0.2, -0.15) is 4.79 Å². The van der Waals surface area contributed by atoms with Gasteiger partial charge in [-0.3, -0.25) is 0 Å². The Morgan fingerprint density at radius 2 is 1.55 bits per heavy atom. The molecule has 0 aliphatic carbocycles. The number of esters is 1. The van der Waals surface area contributed by atoms with Crippen LogP contribution in [0.5, 0.6) is 0 Å². The van der Waals surface area contributed by atoms with Crippen LogP contribution >= 0.6 is 0 Å². The maximum atomic E-state index is 12.1. The van der Waals surface area contributed by atoms with E-state index in [1.807, 2.05) is 0 Å². The van der Waals surface area contributed by atoms with Gasteiger partial charge in [-0.15, -0.1) is 0 Å². The van der Waals surface area contributed by atoms with Crippen LogP contribution < -0.4 is 0 Å². The van der Waals surface area contributed by atoms with E-state index in [0.29, 0.717) is 11.1 Å². The second-order valence-electron chi connectivity index (χ2n) is 4.61. The third-order valence-electron chi connectivity index (χ3n) is 3.29. The average molecular weight is 296 g/mol. The minimum absolute atomic E-state index is 0.109. The molecule has 1 N–H and O–H groups in total. The molecule has 0 spiro atoms. The molecule has 0 fully saturated rings. The van der Waals surface area contributed by atoms with E-state index in [4.69, 9.17) is 4.74 Å². The number of aliphatic hydroxyl groups is 1. The Kier molecular flexibility index (Phi) is 4.84. The topological polar surface area (TPSA) is 82.9 Å². The number of carbonyl (C=O) groups is 1. The fourth-order valence-electron chi connectivity index (χ4n) is 2.26. The Morgan fingerprint density at radius 1 is 1.09 bits per heavy atom. The predicted octanol–water partition coefficient (Wildman–Crippen LogP) is 2.16. The van der Waals surface area contributed by atoms with E-state index in [2.05, 4.69) is 4.79 Å². The molecule has 2 aromatic carbocycles. The van der Waals surface area contributed by atoms with Crippen LogP contribution in [-0.2, 0) is 15.1 Å². The first kappa shape index (κ1) is 15.6. The van der Waals surface area contributed by atoms with Crippen LogP contribution in [-0.4, -0.2) is 28.2 Å². The van der Waals surface area contributed by atoms with Crippen molar-refractivity contribution in [3.8, 4) is 0 Å². The largest absolute Gasteiger partial charge is 0.457 e. The maximum absolute atomic E-state index is 12.1. The molecule has 0 radical (unpaired) electrons. The Morgan fingerprint density at radius 3 is 1.91 bits per heavy atom. The van der Waals surface area contributed by atoms with Crippen molar-refractivity contribution in [2.75, 3.05) is 6.61 Å². The van der Waals surface area contributed by atoms with Crippen LogP contribution in [0, 0.1) is 0 Å². The molecule has 0 atom stereocenters. The van der Waals surface area contributed by atoms with Gasteiger partial charge in [0.15, 0.2) is 0 Å². The summed E-state index contributed by atoms with van der Waals surface area (Å²) in [6.07, 6.45) is 0. The van der Waals surface area contributed by atoms with Crippen LogP contribution in [0.4, 0.5) is 0 Å². The highest BCUT2D eigenvalue weighted by Gasteiger charge is 2.49. The van der Waals surface area contributed by atoms with E-state index in [1.165, 1.54) is 0 Å². The SMILES string of the molecule is CCOC(=O)C(=[N+]=[N-])C(O)(c1ccccc1)c1ccccc1. The van der Waals surface area contributed by atoms with Gasteiger partial charge >= 0.3 is 11.7 Å². The molecular weight excluding hydrogens is 280 g/mol. The van der Waals surface area contributed by atoms with Crippen LogP contribution in [0.25, 0.3) is 5.53 Å². The Bertz CT molecular complexity index is 653. The molecule has 0 amide bonds. The minimum Gasteiger partial charge on any atom is -0.457 e. The zero-order valence-corrected chi connectivity index (χ0v) is 12.1. The molecule has 0 saturated heterocycles. The summed E-state index contributed by atoms with van der Waals surface area (Å²) in [7, 11) is 0. The van der Waals surface area contributed by atoms with E-state index in [1.54, 1.807) is 67.6 Å². The van der Waals surface area contributed by atoms with Crippen molar-refractivity contribution >= 4 is 11.7 Å². The lowest BCUT2D eigenvalue weighted by atomic mass is 9.82. The molecule has 5 heteroatoms. The second-order valence-corrected chi connectivity index (χ2v) is 4.61. The number of benzene rings is 2. The summed E-state index contributed by atoms with van der Waals surface area (Å²) in [4.78, 5) is 15.1. The first-order valence-corrected chi connectivity index (χ1v) is 6.87. The van der Waals surface area contributed by atoms with Crippen molar-refractivity contribution in [2.24, 2.45) is 0 Å². The molecule has 5 nitrogen and oxygen atoms in total. The fourth-order valence-corrected chi connectivity index (χ4v) is 2.26. The van der Waals surface area contributed by atoms with Gasteiger partial charge in [0.05, 0.1) is 6.61 Å². The van der Waals surface area contributed by atoms with Crippen molar-refractivity contribution in [3.05, 3.63) is 77.3 Å². The van der Waals surface area contributed by atoms with Gasteiger partial charge in [0.1, 0.15) is 0 Å². The molecule has 112 valence electrons. The van der Waals surface area contributed by atoms with Crippen LogP contribution in [0.2, 0.25) is 0 Å². The highest BCUT2D eigenvalue weighted by Crippen LogP contribution is 2.31. The van der Waals surface area contributed by atoms with Crippen LogP contribution in [0.15, 0.2) is 60.7 Å². The fraction of sp³-hybridized carbons (Fsp3) is 0.176. The molecule has 2 rings (SSSR count). The molecule has 0 saturated carbocycles. The predicted molar refractivity (Wildman–Crippen MR) is 81.1 cm³/mol. The summed E-state index contributed by atoms with van der Waals surface area (Å²) in [6, 6.07) is 17.1. The third-order valence-corrected chi connectivity index (χ3v) is 3.29. The lowest BCUT2D eigenvalue weighted by Crippen LogP contribution is -2.43. The second kappa shape index (κ2) is 6.80. The minimum atomic E-state index is -1.90. The van der Waals surface area contributed by atoms with Gasteiger partial charge in [-0.1, -0.05) is 60.7 Å². The smallest absolute Gasteiger partial charge is 0.421 e. The van der Waals surface area contributed by atoms with Gasteiger partial charge in [0.2, 0.25) is 5.60 Å².